The van der Waals surface area contributed by atoms with Crippen molar-refractivity contribution in [1.29, 1.82) is 0 Å². The van der Waals surface area contributed by atoms with Gasteiger partial charge in [-0.25, -0.2) is 13.2 Å². The molecule has 1 saturated heterocycles. The lowest BCUT2D eigenvalue weighted by atomic mass is 10.2. The summed E-state index contributed by atoms with van der Waals surface area (Å²) in [6.45, 7) is 0.154. The highest BCUT2D eigenvalue weighted by atomic mass is 32.2. The summed E-state index contributed by atoms with van der Waals surface area (Å²) in [6.07, 6.45) is 1.34. The third-order valence-electron chi connectivity index (χ3n) is 3.12. The molecule has 1 fully saturated rings. The highest BCUT2D eigenvalue weighted by molar-refractivity contribution is 7.89. The van der Waals surface area contributed by atoms with Crippen molar-refractivity contribution in [2.75, 3.05) is 20.3 Å². The van der Waals surface area contributed by atoms with Crippen LogP contribution in [0.4, 0.5) is 0 Å². The third-order valence-corrected chi connectivity index (χ3v) is 6.14. The minimum Gasteiger partial charge on any atom is -0.465 e. The Balaban J connectivity index is 2.40. The molecule has 1 N–H and O–H groups in total. The van der Waals surface area contributed by atoms with Crippen LogP contribution in [0.2, 0.25) is 0 Å². The van der Waals surface area contributed by atoms with Gasteiger partial charge >= 0.3 is 5.97 Å². The normalized spacial score (nSPS) is 20.6. The van der Waals surface area contributed by atoms with E-state index >= 15 is 0 Å². The molecule has 1 aromatic rings. The Morgan fingerprint density at radius 2 is 2.37 bits per heavy atom. The molecule has 0 amide bonds. The number of methoxy groups -OCH3 is 1. The van der Waals surface area contributed by atoms with Gasteiger partial charge in [0.1, 0.15) is 9.77 Å². The van der Waals surface area contributed by atoms with Gasteiger partial charge in [0.15, 0.2) is 0 Å². The number of esters is 1. The van der Waals surface area contributed by atoms with Crippen molar-refractivity contribution in [3.63, 3.8) is 0 Å². The van der Waals surface area contributed by atoms with E-state index in [0.29, 0.717) is 19.4 Å². The zero-order valence-electron chi connectivity index (χ0n) is 10.4. The highest BCUT2D eigenvalue weighted by Gasteiger charge is 2.37. The second-order valence-corrected chi connectivity index (χ2v) is 6.98. The average Bonchev–Trinajstić information content (AvgIpc) is 3.06. The zero-order chi connectivity index (χ0) is 14.0. The summed E-state index contributed by atoms with van der Waals surface area (Å²) in [5.74, 6) is -0.659. The summed E-state index contributed by atoms with van der Waals surface area (Å²) in [5, 5.41) is 10.8. The Kier molecular flexibility index (Phi) is 4.24. The van der Waals surface area contributed by atoms with Crippen molar-refractivity contribution in [2.24, 2.45) is 0 Å². The van der Waals surface area contributed by atoms with E-state index in [4.69, 9.17) is 0 Å². The number of hydrogen-bond donors (Lipinski definition) is 1. The second-order valence-electron chi connectivity index (χ2n) is 4.20. The number of hydrogen-bond acceptors (Lipinski definition) is 6. The predicted octanol–water partition coefficient (Wildman–Crippen LogP) is 0.680. The van der Waals surface area contributed by atoms with Crippen molar-refractivity contribution in [2.45, 2.75) is 23.8 Å². The largest absolute Gasteiger partial charge is 0.465 e. The molecule has 1 unspecified atom stereocenters. The van der Waals surface area contributed by atoms with Crippen LogP contribution < -0.4 is 0 Å². The molecule has 0 aromatic carbocycles. The maximum absolute atomic E-state index is 12.5. The molecule has 106 valence electrons. The highest BCUT2D eigenvalue weighted by Crippen LogP contribution is 2.30. The van der Waals surface area contributed by atoms with Gasteiger partial charge in [0.05, 0.1) is 13.7 Å². The summed E-state index contributed by atoms with van der Waals surface area (Å²) in [4.78, 5) is 11.6. The van der Waals surface area contributed by atoms with Gasteiger partial charge in [-0.3, -0.25) is 0 Å². The van der Waals surface area contributed by atoms with Gasteiger partial charge in [-0.1, -0.05) is 0 Å². The first-order valence-corrected chi connectivity index (χ1v) is 8.13. The van der Waals surface area contributed by atoms with Crippen LogP contribution in [0, 0.1) is 0 Å². The summed E-state index contributed by atoms with van der Waals surface area (Å²) < 4.78 is 30.9. The van der Waals surface area contributed by atoms with Gasteiger partial charge in [-0.15, -0.1) is 11.3 Å². The van der Waals surface area contributed by atoms with E-state index in [-0.39, 0.29) is 16.4 Å². The quantitative estimate of drug-likeness (QED) is 0.827. The summed E-state index contributed by atoms with van der Waals surface area (Å²) in [6, 6.07) is 0.995. The molecular weight excluding hydrogens is 290 g/mol. The van der Waals surface area contributed by atoms with Gasteiger partial charge in [-0.05, 0) is 24.3 Å². The number of sulfonamides is 1. The molecule has 0 bridgehead atoms. The van der Waals surface area contributed by atoms with Crippen LogP contribution in [0.3, 0.4) is 0 Å². The maximum atomic E-state index is 12.5. The van der Waals surface area contributed by atoms with Crippen LogP contribution in [-0.4, -0.2) is 50.1 Å². The monoisotopic (exact) mass is 305 g/mol. The van der Waals surface area contributed by atoms with Crippen molar-refractivity contribution in [3.8, 4) is 0 Å². The van der Waals surface area contributed by atoms with E-state index < -0.39 is 22.0 Å². The van der Waals surface area contributed by atoms with Gasteiger partial charge in [0.25, 0.3) is 0 Å². The smallest absolute Gasteiger partial charge is 0.349 e. The van der Waals surface area contributed by atoms with Crippen molar-refractivity contribution < 1.29 is 23.1 Å². The number of nitrogens with zero attached hydrogens (tertiary/aromatic N) is 1. The maximum Gasteiger partial charge on any atom is 0.349 e. The van der Waals surface area contributed by atoms with E-state index in [9.17, 15) is 18.3 Å². The topological polar surface area (TPSA) is 83.9 Å². The van der Waals surface area contributed by atoms with Gasteiger partial charge < -0.3 is 9.84 Å². The fourth-order valence-corrected chi connectivity index (χ4v) is 5.17. The predicted molar refractivity (Wildman–Crippen MR) is 69.7 cm³/mol. The fraction of sp³-hybridized carbons (Fsp3) is 0.545. The van der Waals surface area contributed by atoms with Crippen molar-refractivity contribution >= 4 is 27.3 Å². The molecule has 8 heteroatoms. The Bertz CT molecular complexity index is 565. The summed E-state index contributed by atoms with van der Waals surface area (Å²) in [5.41, 5.74) is 0. The molecule has 1 atom stereocenters. The number of aliphatic hydroxyl groups excluding tert-OH is 1. The molecule has 6 nitrogen and oxygen atoms in total. The summed E-state index contributed by atoms with van der Waals surface area (Å²) in [7, 11) is -2.55. The Morgan fingerprint density at radius 1 is 1.63 bits per heavy atom. The minimum atomic E-state index is -3.76. The van der Waals surface area contributed by atoms with E-state index in [0.717, 1.165) is 11.3 Å². The number of carbonyl (C=O) groups excluding carboxylic acids is 1. The number of thiophene rings is 1. The first-order chi connectivity index (χ1) is 9.02. The molecule has 0 saturated carbocycles. The molecule has 0 spiro atoms. The van der Waals surface area contributed by atoms with Crippen molar-refractivity contribution in [3.05, 3.63) is 16.3 Å². The molecule has 0 aliphatic carbocycles. The van der Waals surface area contributed by atoms with E-state index in [1.165, 1.54) is 17.5 Å². The first kappa shape index (κ1) is 14.4. The van der Waals surface area contributed by atoms with Gasteiger partial charge in [0, 0.05) is 12.6 Å². The second kappa shape index (κ2) is 5.58. The molecule has 0 radical (unpaired) electrons. The molecular formula is C11H15NO5S2. The zero-order valence-corrected chi connectivity index (χ0v) is 12.0. The van der Waals surface area contributed by atoms with Crippen LogP contribution in [0.5, 0.6) is 0 Å². The lowest BCUT2D eigenvalue weighted by Crippen LogP contribution is -2.37. The Morgan fingerprint density at radius 3 is 3.00 bits per heavy atom. The third kappa shape index (κ3) is 2.53. The first-order valence-electron chi connectivity index (χ1n) is 5.81. The average molecular weight is 305 g/mol. The van der Waals surface area contributed by atoms with E-state index in [1.54, 1.807) is 5.38 Å². The Hall–Kier alpha value is -0.960. The molecule has 1 aliphatic heterocycles. The van der Waals surface area contributed by atoms with Gasteiger partial charge in [-0.2, -0.15) is 4.31 Å². The molecule has 2 heterocycles. The lowest BCUT2D eigenvalue weighted by molar-refractivity contribution is 0.0602. The van der Waals surface area contributed by atoms with E-state index in [2.05, 4.69) is 4.74 Å². The van der Waals surface area contributed by atoms with Crippen LogP contribution in [0.25, 0.3) is 0 Å². The summed E-state index contributed by atoms with van der Waals surface area (Å²) >= 11 is 1.03. The molecule has 1 aromatic heterocycles. The fourth-order valence-electron chi connectivity index (χ4n) is 2.18. The number of rotatable bonds is 4. The van der Waals surface area contributed by atoms with Crippen molar-refractivity contribution in [1.82, 2.24) is 4.31 Å². The van der Waals surface area contributed by atoms with Gasteiger partial charge in [0.2, 0.25) is 10.0 Å². The number of carbonyl (C=O) groups is 1. The molecule has 19 heavy (non-hydrogen) atoms. The number of aliphatic hydroxyl groups is 1. The standard InChI is InChI=1S/C11H15NO5S2/c1-17-11(14)10-9(4-6-18-10)19(15,16)12-5-2-3-8(12)7-13/h4,6,8,13H,2-3,5,7H2,1H3. The van der Waals surface area contributed by atoms with Crippen LogP contribution in [0.15, 0.2) is 16.3 Å². The van der Waals surface area contributed by atoms with E-state index in [1.807, 2.05) is 0 Å². The number of ether oxygens (including phenoxy) is 1. The van der Waals surface area contributed by atoms with Crippen LogP contribution >= 0.6 is 11.3 Å². The molecule has 1 aliphatic rings. The Labute approximate surface area is 115 Å². The van der Waals surface area contributed by atoms with Crippen LogP contribution in [0.1, 0.15) is 22.5 Å². The molecule has 2 rings (SSSR count). The SMILES string of the molecule is COC(=O)c1sccc1S(=O)(=O)N1CCCC1CO. The lowest BCUT2D eigenvalue weighted by Gasteiger charge is -2.22. The van der Waals surface area contributed by atoms with Crippen LogP contribution in [-0.2, 0) is 14.8 Å². The minimum absolute atomic E-state index is 0.0373.